The molecule has 0 bridgehead atoms. The van der Waals surface area contributed by atoms with Gasteiger partial charge in [0.25, 0.3) is 5.56 Å². The lowest BCUT2D eigenvalue weighted by atomic mass is 10.2. The molecule has 0 unspecified atom stereocenters. The van der Waals surface area contributed by atoms with Crippen LogP contribution in [0.15, 0.2) is 82.4 Å². The van der Waals surface area contributed by atoms with Gasteiger partial charge in [0.05, 0.1) is 12.2 Å². The standard InChI is InChI=1S/C22H21N3O3/c26-20-19-13-7-8-14-24(18-11-5-2-6-12-18)21(19)25(22(27)23-20)16-28-15-17-9-3-1-4-10-17/h1-12H,13-16H2,(H,23,26,27). The zero-order valence-corrected chi connectivity index (χ0v) is 15.4. The van der Waals surface area contributed by atoms with Gasteiger partial charge in [-0.2, -0.15) is 0 Å². The molecule has 1 aliphatic heterocycles. The van der Waals surface area contributed by atoms with Crippen LogP contribution in [0.25, 0.3) is 0 Å². The molecule has 2 aromatic carbocycles. The quantitative estimate of drug-likeness (QED) is 0.696. The minimum atomic E-state index is -0.473. The number of hydrogen-bond donors (Lipinski definition) is 1. The first kappa shape index (κ1) is 18.0. The molecule has 142 valence electrons. The predicted octanol–water partition coefficient (Wildman–Crippen LogP) is 2.96. The van der Waals surface area contributed by atoms with E-state index in [-0.39, 0.29) is 12.3 Å². The minimum absolute atomic E-state index is 0.0518. The fourth-order valence-electron chi connectivity index (χ4n) is 3.35. The van der Waals surface area contributed by atoms with E-state index in [0.29, 0.717) is 31.0 Å². The van der Waals surface area contributed by atoms with Crippen LogP contribution in [-0.4, -0.2) is 16.1 Å². The van der Waals surface area contributed by atoms with Crippen molar-refractivity contribution in [3.8, 4) is 0 Å². The highest BCUT2D eigenvalue weighted by Gasteiger charge is 2.22. The van der Waals surface area contributed by atoms with E-state index in [2.05, 4.69) is 4.98 Å². The molecule has 0 aliphatic carbocycles. The largest absolute Gasteiger partial charge is 0.356 e. The van der Waals surface area contributed by atoms with Crippen LogP contribution >= 0.6 is 0 Å². The summed E-state index contributed by atoms with van der Waals surface area (Å²) in [5, 5.41) is 0. The van der Waals surface area contributed by atoms with Gasteiger partial charge in [-0.3, -0.25) is 14.3 Å². The van der Waals surface area contributed by atoms with Crippen molar-refractivity contribution in [1.29, 1.82) is 0 Å². The molecule has 0 saturated carbocycles. The maximum absolute atomic E-state index is 12.6. The van der Waals surface area contributed by atoms with Gasteiger partial charge in [-0.25, -0.2) is 4.79 Å². The van der Waals surface area contributed by atoms with Crippen LogP contribution in [0.1, 0.15) is 11.1 Å². The molecule has 0 saturated heterocycles. The van der Waals surface area contributed by atoms with Crippen molar-refractivity contribution in [1.82, 2.24) is 9.55 Å². The summed E-state index contributed by atoms with van der Waals surface area (Å²) in [6, 6.07) is 19.5. The molecule has 6 heteroatoms. The lowest BCUT2D eigenvalue weighted by Crippen LogP contribution is -2.37. The van der Waals surface area contributed by atoms with Gasteiger partial charge >= 0.3 is 5.69 Å². The topological polar surface area (TPSA) is 67.3 Å². The molecule has 4 rings (SSSR count). The Morgan fingerprint density at radius 2 is 1.64 bits per heavy atom. The lowest BCUT2D eigenvalue weighted by Gasteiger charge is -2.27. The molecule has 0 amide bonds. The van der Waals surface area contributed by atoms with Crippen LogP contribution in [0.4, 0.5) is 11.5 Å². The Balaban J connectivity index is 1.73. The summed E-state index contributed by atoms with van der Waals surface area (Å²) in [5.41, 5.74) is 1.66. The number of allylic oxidation sites excluding steroid dienone is 1. The maximum Gasteiger partial charge on any atom is 0.331 e. The molecule has 0 fully saturated rings. The number of aromatic amines is 1. The third kappa shape index (κ3) is 3.68. The van der Waals surface area contributed by atoms with Crippen molar-refractivity contribution in [2.24, 2.45) is 0 Å². The molecule has 2 heterocycles. The SMILES string of the molecule is O=c1[nH]c(=O)n(COCc2ccccc2)c2c1CC=CCN2c1ccccc1. The zero-order valence-electron chi connectivity index (χ0n) is 15.4. The Morgan fingerprint density at radius 3 is 2.39 bits per heavy atom. The number of para-hydroxylation sites is 1. The van der Waals surface area contributed by atoms with Gasteiger partial charge in [0.2, 0.25) is 0 Å². The number of H-pyrrole nitrogens is 1. The van der Waals surface area contributed by atoms with Crippen LogP contribution in [0.2, 0.25) is 0 Å². The van der Waals surface area contributed by atoms with Crippen LogP contribution in [-0.2, 0) is 24.5 Å². The van der Waals surface area contributed by atoms with E-state index in [1.165, 1.54) is 4.57 Å². The van der Waals surface area contributed by atoms with Crippen LogP contribution < -0.4 is 16.1 Å². The van der Waals surface area contributed by atoms with Crippen LogP contribution in [0.5, 0.6) is 0 Å². The number of hydrogen-bond acceptors (Lipinski definition) is 4. The first-order valence-corrected chi connectivity index (χ1v) is 9.19. The van der Waals surface area contributed by atoms with E-state index in [9.17, 15) is 9.59 Å². The zero-order chi connectivity index (χ0) is 19.3. The molecule has 3 aromatic rings. The maximum atomic E-state index is 12.6. The highest BCUT2D eigenvalue weighted by Crippen LogP contribution is 2.28. The number of anilines is 2. The van der Waals surface area contributed by atoms with Gasteiger partial charge in [-0.05, 0) is 24.1 Å². The molecule has 28 heavy (non-hydrogen) atoms. The van der Waals surface area contributed by atoms with Crippen LogP contribution in [0.3, 0.4) is 0 Å². The Bertz CT molecular complexity index is 1090. The summed E-state index contributed by atoms with van der Waals surface area (Å²) < 4.78 is 7.31. The molecular weight excluding hydrogens is 354 g/mol. The van der Waals surface area contributed by atoms with Crippen molar-refractivity contribution >= 4 is 11.5 Å². The van der Waals surface area contributed by atoms with Gasteiger partial charge in [0.1, 0.15) is 12.5 Å². The number of aromatic nitrogens is 2. The number of benzene rings is 2. The Kier molecular flexibility index (Phi) is 5.21. The molecule has 0 spiro atoms. The summed E-state index contributed by atoms with van der Waals surface area (Å²) in [4.78, 5) is 29.5. The van der Waals surface area contributed by atoms with Crippen molar-refractivity contribution in [2.75, 3.05) is 11.4 Å². The predicted molar refractivity (Wildman–Crippen MR) is 109 cm³/mol. The van der Waals surface area contributed by atoms with E-state index in [1.807, 2.05) is 77.7 Å². The molecule has 0 atom stereocenters. The van der Waals surface area contributed by atoms with Gasteiger partial charge in [0.15, 0.2) is 0 Å². The van der Waals surface area contributed by atoms with Crippen molar-refractivity contribution < 1.29 is 4.74 Å². The Labute approximate surface area is 162 Å². The second-order valence-electron chi connectivity index (χ2n) is 6.57. The molecule has 1 N–H and O–H groups in total. The summed E-state index contributed by atoms with van der Waals surface area (Å²) in [7, 11) is 0. The Hall–Kier alpha value is -3.38. The first-order chi connectivity index (χ1) is 13.7. The monoisotopic (exact) mass is 375 g/mol. The Morgan fingerprint density at radius 1 is 0.929 bits per heavy atom. The normalized spacial score (nSPS) is 13.2. The fourth-order valence-corrected chi connectivity index (χ4v) is 3.35. The second kappa shape index (κ2) is 8.10. The van der Waals surface area contributed by atoms with Gasteiger partial charge in [-0.15, -0.1) is 0 Å². The average molecular weight is 375 g/mol. The molecule has 1 aromatic heterocycles. The molecule has 1 aliphatic rings. The average Bonchev–Trinajstić information content (AvgIpc) is 2.95. The number of nitrogens with one attached hydrogen (secondary N) is 1. The summed E-state index contributed by atoms with van der Waals surface area (Å²) in [6.45, 7) is 1.000. The van der Waals surface area contributed by atoms with E-state index in [1.54, 1.807) is 0 Å². The first-order valence-electron chi connectivity index (χ1n) is 9.19. The molecular formula is C22H21N3O3. The van der Waals surface area contributed by atoms with Gasteiger partial charge in [-0.1, -0.05) is 60.7 Å². The second-order valence-corrected chi connectivity index (χ2v) is 6.57. The number of rotatable bonds is 5. The third-order valence-electron chi connectivity index (χ3n) is 4.70. The minimum Gasteiger partial charge on any atom is -0.356 e. The van der Waals surface area contributed by atoms with E-state index >= 15 is 0 Å². The van der Waals surface area contributed by atoms with Crippen molar-refractivity contribution in [3.05, 3.63) is 105 Å². The van der Waals surface area contributed by atoms with E-state index in [0.717, 1.165) is 11.3 Å². The summed E-state index contributed by atoms with van der Waals surface area (Å²) >= 11 is 0. The summed E-state index contributed by atoms with van der Waals surface area (Å²) in [6.07, 6.45) is 4.43. The smallest absolute Gasteiger partial charge is 0.331 e. The van der Waals surface area contributed by atoms with Gasteiger partial charge in [0, 0.05) is 12.2 Å². The van der Waals surface area contributed by atoms with Gasteiger partial charge < -0.3 is 9.64 Å². The molecule has 0 radical (unpaired) electrons. The fraction of sp³-hybridized carbons (Fsp3) is 0.182. The third-order valence-corrected chi connectivity index (χ3v) is 4.70. The van der Waals surface area contributed by atoms with E-state index in [4.69, 9.17) is 4.74 Å². The molecule has 6 nitrogen and oxygen atoms in total. The summed E-state index contributed by atoms with van der Waals surface area (Å²) in [5.74, 6) is 0.581. The van der Waals surface area contributed by atoms with E-state index < -0.39 is 5.69 Å². The lowest BCUT2D eigenvalue weighted by molar-refractivity contribution is 0.0617. The highest BCUT2D eigenvalue weighted by atomic mass is 16.5. The number of fused-ring (bicyclic) bond motifs is 1. The highest BCUT2D eigenvalue weighted by molar-refractivity contribution is 5.64. The number of nitrogens with zero attached hydrogens (tertiary/aromatic N) is 2. The van der Waals surface area contributed by atoms with Crippen molar-refractivity contribution in [2.45, 2.75) is 19.8 Å². The van der Waals surface area contributed by atoms with Crippen molar-refractivity contribution in [3.63, 3.8) is 0 Å². The van der Waals surface area contributed by atoms with Crippen LogP contribution in [0, 0.1) is 0 Å². The number of ether oxygens (including phenoxy) is 1.